The van der Waals surface area contributed by atoms with E-state index in [4.69, 9.17) is 9.47 Å². The average Bonchev–Trinajstić information content (AvgIpc) is 3.11. The van der Waals surface area contributed by atoms with Crippen LogP contribution in [0.5, 0.6) is 11.5 Å². The molecule has 2 N–H and O–H groups in total. The number of ether oxygens (including phenoxy) is 2. The molecule has 0 amide bonds. The highest BCUT2D eigenvalue weighted by Gasteiger charge is 2.54. The number of esters is 1. The van der Waals surface area contributed by atoms with Gasteiger partial charge in [-0.3, -0.25) is 0 Å². The molecule has 0 bridgehead atoms. The Bertz CT molecular complexity index is 1350. The summed E-state index contributed by atoms with van der Waals surface area (Å²) in [5.74, 6) is 0.915. The summed E-state index contributed by atoms with van der Waals surface area (Å²) in [6.07, 6.45) is 7.22. The van der Waals surface area contributed by atoms with Crippen molar-refractivity contribution in [1.29, 1.82) is 0 Å². The third-order valence-electron chi connectivity index (χ3n) is 7.14. The van der Waals surface area contributed by atoms with Crippen LogP contribution in [-0.2, 0) is 23.2 Å². The van der Waals surface area contributed by atoms with Crippen LogP contribution >= 0.6 is 0 Å². The van der Waals surface area contributed by atoms with Crippen LogP contribution in [0, 0.1) is 0 Å². The largest absolute Gasteiger partial charge is 0.455 e. The van der Waals surface area contributed by atoms with Gasteiger partial charge in [0.1, 0.15) is 11.5 Å². The van der Waals surface area contributed by atoms with Crippen LogP contribution < -0.4 is 4.74 Å². The molecule has 0 radical (unpaired) electrons. The lowest BCUT2D eigenvalue weighted by molar-refractivity contribution is 0.0224. The highest BCUT2D eigenvalue weighted by molar-refractivity contribution is 5.97. The van der Waals surface area contributed by atoms with Gasteiger partial charge in [0.2, 0.25) is 0 Å². The zero-order valence-electron chi connectivity index (χ0n) is 17.6. The second-order valence-electron chi connectivity index (χ2n) is 9.01. The maximum Gasteiger partial charge on any atom is 0.340 e. The van der Waals surface area contributed by atoms with Gasteiger partial charge in [-0.25, -0.2) is 4.79 Å². The maximum atomic E-state index is 13.1. The Labute approximate surface area is 190 Å². The molecular weight excluding hydrogens is 416 g/mol. The lowest BCUT2D eigenvalue weighted by Gasteiger charge is -2.39. The maximum absolute atomic E-state index is 13.1. The summed E-state index contributed by atoms with van der Waals surface area (Å²) >= 11 is 0. The van der Waals surface area contributed by atoms with E-state index in [9.17, 15) is 15.0 Å². The van der Waals surface area contributed by atoms with Gasteiger partial charge in [-0.1, -0.05) is 66.8 Å². The molecule has 0 fully saturated rings. The van der Waals surface area contributed by atoms with E-state index in [0.29, 0.717) is 29.9 Å². The summed E-state index contributed by atoms with van der Waals surface area (Å²) in [6.45, 7) is 0. The smallest absolute Gasteiger partial charge is 0.340 e. The first kappa shape index (κ1) is 18.9. The van der Waals surface area contributed by atoms with Gasteiger partial charge in [-0.2, -0.15) is 0 Å². The molecule has 0 aromatic heterocycles. The topological polar surface area (TPSA) is 76.0 Å². The normalized spacial score (nSPS) is 25.5. The minimum Gasteiger partial charge on any atom is -0.455 e. The molecule has 2 aliphatic carbocycles. The molecule has 2 atom stereocenters. The molecule has 0 saturated heterocycles. The molecule has 5 heteroatoms. The van der Waals surface area contributed by atoms with Crippen LogP contribution in [0.3, 0.4) is 0 Å². The molecule has 3 aromatic carbocycles. The zero-order valence-corrected chi connectivity index (χ0v) is 17.6. The molecule has 2 aliphatic heterocycles. The van der Waals surface area contributed by atoms with Crippen molar-refractivity contribution in [3.63, 3.8) is 0 Å². The fraction of sp³-hybridized carbons (Fsp3) is 0.179. The summed E-state index contributed by atoms with van der Waals surface area (Å²) in [7, 11) is 0. The van der Waals surface area contributed by atoms with Gasteiger partial charge in [0.15, 0.2) is 5.60 Å². The predicted molar refractivity (Wildman–Crippen MR) is 122 cm³/mol. The highest BCUT2D eigenvalue weighted by Crippen LogP contribution is 2.58. The van der Waals surface area contributed by atoms with Crippen LogP contribution in [0.2, 0.25) is 0 Å². The molecule has 5 nitrogen and oxygen atoms in total. The Balaban J connectivity index is 1.58. The number of carbonyl (C=O) groups excluding carboxylic acids is 1. The minimum absolute atomic E-state index is 0.364. The Morgan fingerprint density at radius 3 is 1.94 bits per heavy atom. The van der Waals surface area contributed by atoms with Crippen molar-refractivity contribution in [2.75, 3.05) is 0 Å². The van der Waals surface area contributed by atoms with Crippen LogP contribution in [0.4, 0.5) is 0 Å². The Morgan fingerprint density at radius 2 is 1.33 bits per heavy atom. The van der Waals surface area contributed by atoms with Crippen molar-refractivity contribution >= 4 is 18.1 Å². The van der Waals surface area contributed by atoms with Crippen LogP contribution in [0.25, 0.3) is 12.2 Å². The Kier molecular flexibility index (Phi) is 3.68. The summed E-state index contributed by atoms with van der Waals surface area (Å²) in [5.41, 5.74) is 5.49. The van der Waals surface area contributed by atoms with Gasteiger partial charge in [0, 0.05) is 40.7 Å². The van der Waals surface area contributed by atoms with E-state index in [0.717, 1.165) is 38.9 Å². The lowest BCUT2D eigenvalue weighted by Crippen LogP contribution is -2.34. The number of aliphatic hydroxyl groups excluding tert-OH is 2. The van der Waals surface area contributed by atoms with E-state index in [2.05, 4.69) is 0 Å². The van der Waals surface area contributed by atoms with Crippen molar-refractivity contribution in [3.8, 4) is 11.5 Å². The first-order valence-electron chi connectivity index (χ1n) is 11.1. The average molecular weight is 436 g/mol. The molecule has 33 heavy (non-hydrogen) atoms. The number of hydrogen-bond acceptors (Lipinski definition) is 5. The monoisotopic (exact) mass is 436 g/mol. The fourth-order valence-corrected chi connectivity index (χ4v) is 5.64. The molecule has 1 spiro atoms. The fourth-order valence-electron chi connectivity index (χ4n) is 5.64. The summed E-state index contributed by atoms with van der Waals surface area (Å²) in [4.78, 5) is 13.1. The number of fused-ring (bicyclic) bond motifs is 10. The Morgan fingerprint density at radius 1 is 0.758 bits per heavy atom. The lowest BCUT2D eigenvalue weighted by atomic mass is 9.74. The number of benzene rings is 3. The minimum atomic E-state index is -1.13. The standard InChI is InChI=1S/C28H20O5/c29-17-7-9-19-15(13-17)5-11-23-25(19)32-26-20-10-8-18(30)14-16(20)6-12-24(26)28(23)22-4-2-1-3-21(22)27(31)33-28/h1-12,17-18,29-30H,13-14H2. The van der Waals surface area contributed by atoms with Crippen molar-refractivity contribution in [2.45, 2.75) is 30.7 Å². The summed E-state index contributed by atoms with van der Waals surface area (Å²) in [6, 6.07) is 15.4. The highest BCUT2D eigenvalue weighted by atomic mass is 16.6. The molecule has 2 unspecified atom stereocenters. The molecule has 2 heterocycles. The third-order valence-corrected chi connectivity index (χ3v) is 7.14. The van der Waals surface area contributed by atoms with Crippen molar-refractivity contribution < 1.29 is 24.5 Å². The summed E-state index contributed by atoms with van der Waals surface area (Å²) in [5, 5.41) is 20.3. The van der Waals surface area contributed by atoms with Crippen LogP contribution in [-0.4, -0.2) is 28.4 Å². The second-order valence-corrected chi connectivity index (χ2v) is 9.01. The van der Waals surface area contributed by atoms with Gasteiger partial charge in [0.05, 0.1) is 17.8 Å². The van der Waals surface area contributed by atoms with E-state index in [1.54, 1.807) is 18.2 Å². The molecule has 4 aliphatic rings. The zero-order chi connectivity index (χ0) is 22.3. The number of hydrogen-bond donors (Lipinski definition) is 2. The van der Waals surface area contributed by atoms with E-state index < -0.39 is 17.8 Å². The molecule has 0 saturated carbocycles. The van der Waals surface area contributed by atoms with E-state index >= 15 is 0 Å². The first-order valence-corrected chi connectivity index (χ1v) is 11.1. The number of aliphatic hydroxyl groups is 2. The SMILES string of the molecule is O=C1OC2(c3ccccc31)c1ccc3c(c1Oc1c2ccc2c1C=CC(O)C2)C=CC(O)C3. The van der Waals surface area contributed by atoms with Crippen LogP contribution in [0.1, 0.15) is 49.3 Å². The van der Waals surface area contributed by atoms with E-state index in [1.807, 2.05) is 54.6 Å². The molecule has 3 aromatic rings. The van der Waals surface area contributed by atoms with Crippen molar-refractivity contribution in [1.82, 2.24) is 0 Å². The number of rotatable bonds is 0. The molecule has 162 valence electrons. The number of carbonyl (C=O) groups is 1. The third kappa shape index (κ3) is 2.41. The van der Waals surface area contributed by atoms with Gasteiger partial charge >= 0.3 is 5.97 Å². The van der Waals surface area contributed by atoms with E-state index in [-0.39, 0.29) is 5.97 Å². The molecular formula is C28H20O5. The quantitative estimate of drug-likeness (QED) is 0.519. The van der Waals surface area contributed by atoms with Gasteiger partial charge in [-0.05, 0) is 17.2 Å². The van der Waals surface area contributed by atoms with Gasteiger partial charge in [-0.15, -0.1) is 0 Å². The van der Waals surface area contributed by atoms with Crippen molar-refractivity contribution in [2.24, 2.45) is 0 Å². The summed E-state index contributed by atoms with van der Waals surface area (Å²) < 4.78 is 12.9. The van der Waals surface area contributed by atoms with Crippen molar-refractivity contribution in [3.05, 3.63) is 105 Å². The van der Waals surface area contributed by atoms with Crippen LogP contribution in [0.15, 0.2) is 60.7 Å². The second kappa shape index (κ2) is 6.44. The molecule has 7 rings (SSSR count). The van der Waals surface area contributed by atoms with E-state index in [1.165, 1.54) is 0 Å². The Hall–Kier alpha value is -3.67. The van der Waals surface area contributed by atoms with Gasteiger partial charge in [0.25, 0.3) is 0 Å². The van der Waals surface area contributed by atoms with Gasteiger partial charge < -0.3 is 19.7 Å². The predicted octanol–water partition coefficient (Wildman–Crippen LogP) is 4.12. The first-order chi connectivity index (χ1) is 16.1.